The number of carbonyl (C=O) groups excluding carboxylic acids is 1. The Balaban J connectivity index is 1.61. The molecule has 4 rings (SSSR count). The van der Waals surface area contributed by atoms with Crippen molar-refractivity contribution in [1.29, 1.82) is 0 Å². The third-order valence-corrected chi connectivity index (χ3v) is 4.74. The predicted octanol–water partition coefficient (Wildman–Crippen LogP) is 6.01. The van der Waals surface area contributed by atoms with Gasteiger partial charge in [0.05, 0.1) is 16.8 Å². The molecule has 5 nitrogen and oxygen atoms in total. The number of carbonyl (C=O) groups is 1. The van der Waals surface area contributed by atoms with E-state index in [1.165, 1.54) is 6.08 Å². The van der Waals surface area contributed by atoms with Crippen LogP contribution in [-0.2, 0) is 4.79 Å². The molecule has 2 aromatic heterocycles. The van der Waals surface area contributed by atoms with Crippen molar-refractivity contribution in [3.8, 4) is 11.5 Å². The van der Waals surface area contributed by atoms with Crippen LogP contribution in [0.25, 0.3) is 28.6 Å². The Labute approximate surface area is 166 Å². The van der Waals surface area contributed by atoms with Crippen LogP contribution in [0.1, 0.15) is 16.9 Å². The van der Waals surface area contributed by atoms with Gasteiger partial charge >= 0.3 is 0 Å². The number of rotatable bonds is 4. The fraction of sp³-hybridized carbons (Fsp3) is 0.0909. The van der Waals surface area contributed by atoms with Gasteiger partial charge in [0.15, 0.2) is 5.58 Å². The van der Waals surface area contributed by atoms with Gasteiger partial charge in [0.25, 0.3) is 0 Å². The highest BCUT2D eigenvalue weighted by atomic mass is 35.5. The lowest BCUT2D eigenvalue weighted by atomic mass is 10.1. The van der Waals surface area contributed by atoms with Crippen molar-refractivity contribution in [3.63, 3.8) is 0 Å². The lowest BCUT2D eigenvalue weighted by Gasteiger charge is -2.05. The summed E-state index contributed by atoms with van der Waals surface area (Å²) in [7, 11) is 0. The number of aromatic nitrogens is 1. The number of furan rings is 1. The van der Waals surface area contributed by atoms with E-state index >= 15 is 0 Å². The van der Waals surface area contributed by atoms with E-state index in [0.29, 0.717) is 33.5 Å². The van der Waals surface area contributed by atoms with E-state index in [0.717, 1.165) is 16.6 Å². The molecule has 0 saturated heterocycles. The van der Waals surface area contributed by atoms with Crippen LogP contribution in [-0.4, -0.2) is 10.9 Å². The van der Waals surface area contributed by atoms with Gasteiger partial charge in [-0.1, -0.05) is 11.6 Å². The maximum atomic E-state index is 12.1. The van der Waals surface area contributed by atoms with Gasteiger partial charge in [-0.3, -0.25) is 4.79 Å². The van der Waals surface area contributed by atoms with E-state index in [4.69, 9.17) is 20.4 Å². The zero-order valence-corrected chi connectivity index (χ0v) is 16.1. The van der Waals surface area contributed by atoms with Gasteiger partial charge < -0.3 is 14.2 Å². The molecule has 1 N–H and O–H groups in total. The number of nitrogens with zero attached hydrogens (tertiary/aromatic N) is 1. The predicted molar refractivity (Wildman–Crippen MR) is 110 cm³/mol. The largest absolute Gasteiger partial charge is 0.465 e. The Bertz CT molecular complexity index is 1150. The normalized spacial score (nSPS) is 11.4. The average Bonchev–Trinajstić information content (AvgIpc) is 3.32. The fourth-order valence-electron chi connectivity index (χ4n) is 2.79. The Kier molecular flexibility index (Phi) is 4.75. The topological polar surface area (TPSA) is 68.3 Å². The van der Waals surface area contributed by atoms with Gasteiger partial charge in [0, 0.05) is 11.8 Å². The Morgan fingerprint density at radius 2 is 1.96 bits per heavy atom. The van der Waals surface area contributed by atoms with Gasteiger partial charge in [0.2, 0.25) is 11.8 Å². The molecule has 1 amide bonds. The number of aryl methyl sites for hydroxylation is 2. The molecule has 2 aromatic carbocycles. The summed E-state index contributed by atoms with van der Waals surface area (Å²) in [6.45, 7) is 4.05. The van der Waals surface area contributed by atoms with Crippen LogP contribution in [0.15, 0.2) is 63.6 Å². The lowest BCUT2D eigenvalue weighted by molar-refractivity contribution is -0.111. The smallest absolute Gasteiger partial charge is 0.248 e. The molecule has 2 heterocycles. The minimum absolute atomic E-state index is 0.284. The number of oxazole rings is 1. The van der Waals surface area contributed by atoms with Crippen LogP contribution in [0.3, 0.4) is 0 Å². The van der Waals surface area contributed by atoms with E-state index in [2.05, 4.69) is 10.3 Å². The summed E-state index contributed by atoms with van der Waals surface area (Å²) in [5.41, 5.74) is 4.94. The van der Waals surface area contributed by atoms with Crippen molar-refractivity contribution in [2.45, 2.75) is 13.8 Å². The highest BCUT2D eigenvalue weighted by Crippen LogP contribution is 2.33. The third kappa shape index (κ3) is 3.70. The van der Waals surface area contributed by atoms with E-state index in [1.54, 1.807) is 42.7 Å². The van der Waals surface area contributed by atoms with Crippen LogP contribution in [0.5, 0.6) is 0 Å². The zero-order chi connectivity index (χ0) is 19.7. The molecule has 0 aliphatic heterocycles. The average molecular weight is 393 g/mol. The summed E-state index contributed by atoms with van der Waals surface area (Å²) in [6.07, 6.45) is 4.54. The van der Waals surface area contributed by atoms with E-state index in [-0.39, 0.29) is 5.91 Å². The molecule has 0 saturated carbocycles. The summed E-state index contributed by atoms with van der Waals surface area (Å²) < 4.78 is 11.1. The quantitative estimate of drug-likeness (QED) is 0.432. The van der Waals surface area contributed by atoms with Crippen molar-refractivity contribution in [2.24, 2.45) is 0 Å². The Hall–Kier alpha value is -3.31. The van der Waals surface area contributed by atoms with Crippen LogP contribution in [0.2, 0.25) is 5.02 Å². The number of amides is 1. The first-order valence-corrected chi connectivity index (χ1v) is 9.08. The third-order valence-electron chi connectivity index (χ3n) is 4.41. The summed E-state index contributed by atoms with van der Waals surface area (Å²) in [5.74, 6) is 0.727. The Morgan fingerprint density at radius 3 is 2.75 bits per heavy atom. The van der Waals surface area contributed by atoms with E-state index in [1.807, 2.05) is 26.0 Å². The number of halogens is 1. The summed E-state index contributed by atoms with van der Waals surface area (Å²) in [5, 5.41) is 3.29. The molecule has 28 heavy (non-hydrogen) atoms. The fourth-order valence-corrected chi connectivity index (χ4v) is 2.99. The summed E-state index contributed by atoms with van der Waals surface area (Å²) >= 11 is 6.35. The zero-order valence-electron chi connectivity index (χ0n) is 15.3. The second-order valence-electron chi connectivity index (χ2n) is 6.46. The molecule has 0 aliphatic carbocycles. The number of hydrogen-bond acceptors (Lipinski definition) is 4. The van der Waals surface area contributed by atoms with Gasteiger partial charge in [0.1, 0.15) is 11.3 Å². The van der Waals surface area contributed by atoms with Gasteiger partial charge in [-0.25, -0.2) is 4.98 Å². The van der Waals surface area contributed by atoms with Crippen LogP contribution < -0.4 is 5.32 Å². The second kappa shape index (κ2) is 7.37. The van der Waals surface area contributed by atoms with Crippen molar-refractivity contribution < 1.29 is 13.6 Å². The number of hydrogen-bond donors (Lipinski definition) is 1. The molecule has 0 atom stereocenters. The number of fused-ring (bicyclic) bond motifs is 1. The number of benzene rings is 2. The molecular weight excluding hydrogens is 376 g/mol. The maximum absolute atomic E-state index is 12.1. The van der Waals surface area contributed by atoms with Crippen LogP contribution in [0.4, 0.5) is 5.69 Å². The molecule has 0 radical (unpaired) electrons. The van der Waals surface area contributed by atoms with Gasteiger partial charge in [-0.2, -0.15) is 0 Å². The molecule has 0 bridgehead atoms. The molecule has 0 fully saturated rings. The molecule has 0 spiro atoms. The second-order valence-corrected chi connectivity index (χ2v) is 6.86. The molecule has 0 unspecified atom stereocenters. The lowest BCUT2D eigenvalue weighted by Crippen LogP contribution is -2.07. The van der Waals surface area contributed by atoms with Crippen LogP contribution in [0, 0.1) is 13.8 Å². The minimum Gasteiger partial charge on any atom is -0.465 e. The SMILES string of the molecule is Cc1cc2nc(-c3cc(NC(=O)/C=C\c4ccco4)ccc3Cl)oc2cc1C. The highest BCUT2D eigenvalue weighted by Gasteiger charge is 2.14. The molecule has 6 heteroatoms. The van der Waals surface area contributed by atoms with Gasteiger partial charge in [-0.15, -0.1) is 0 Å². The summed E-state index contributed by atoms with van der Waals surface area (Å²) in [6, 6.07) is 12.6. The first-order chi connectivity index (χ1) is 13.5. The van der Waals surface area contributed by atoms with Gasteiger partial charge in [-0.05, 0) is 73.5 Å². The van der Waals surface area contributed by atoms with Crippen molar-refractivity contribution in [3.05, 3.63) is 76.7 Å². The van der Waals surface area contributed by atoms with Crippen molar-refractivity contribution in [2.75, 3.05) is 5.32 Å². The standard InChI is InChI=1S/C22H17ClN2O3/c1-13-10-19-20(11-14(13)2)28-22(25-19)17-12-15(5-7-18(17)23)24-21(26)8-6-16-4-3-9-27-16/h3-12H,1-2H3,(H,24,26)/b8-6-. The monoisotopic (exact) mass is 392 g/mol. The number of anilines is 1. The molecular formula is C22H17ClN2O3. The molecule has 0 aliphatic rings. The van der Waals surface area contributed by atoms with Crippen LogP contribution >= 0.6 is 11.6 Å². The number of nitrogens with one attached hydrogen (secondary N) is 1. The van der Waals surface area contributed by atoms with E-state index < -0.39 is 0 Å². The highest BCUT2D eigenvalue weighted by molar-refractivity contribution is 6.33. The molecule has 4 aromatic rings. The van der Waals surface area contributed by atoms with Crippen molar-refractivity contribution >= 4 is 40.4 Å². The maximum Gasteiger partial charge on any atom is 0.248 e. The minimum atomic E-state index is -0.284. The summed E-state index contributed by atoms with van der Waals surface area (Å²) in [4.78, 5) is 16.7. The van der Waals surface area contributed by atoms with Crippen molar-refractivity contribution in [1.82, 2.24) is 4.98 Å². The first kappa shape index (κ1) is 18.1. The molecule has 140 valence electrons. The Morgan fingerprint density at radius 1 is 1.14 bits per heavy atom. The first-order valence-electron chi connectivity index (χ1n) is 8.70. The van der Waals surface area contributed by atoms with E-state index in [9.17, 15) is 4.79 Å².